The van der Waals surface area contributed by atoms with E-state index >= 15 is 0 Å². The molecule has 5 heteroatoms. The molecule has 2 nitrogen and oxygen atoms in total. The summed E-state index contributed by atoms with van der Waals surface area (Å²) in [7, 11) is 0. The van der Waals surface area contributed by atoms with E-state index in [-0.39, 0.29) is 73.3 Å². The quantitative estimate of drug-likeness (QED) is 0.320. The normalized spacial score (nSPS) is 3.60. The van der Waals surface area contributed by atoms with E-state index in [1.165, 1.54) is 0 Å². The van der Waals surface area contributed by atoms with Crippen molar-refractivity contribution in [2.45, 2.75) is 0 Å². The standard InChI is InChI=1S/ClHO2.2Na.2H/c2-1-3;;;;/h2H;;;;/q;2*+1;2*-1. The molecule has 0 aliphatic carbocycles. The van der Waals surface area contributed by atoms with Gasteiger partial charge in [-0.05, 0) is 0 Å². The zero-order chi connectivity index (χ0) is 2.71. The number of hydrogen-bond donors (Lipinski definition) is 1. The van der Waals surface area contributed by atoms with E-state index < -0.39 is 0 Å². The van der Waals surface area contributed by atoms with Gasteiger partial charge in [0.25, 0.3) is 0 Å². The van der Waals surface area contributed by atoms with Crippen LogP contribution in [0.4, 0.5) is 0 Å². The van der Waals surface area contributed by atoms with E-state index in [9.17, 15) is 0 Å². The Hall–Kier alpha value is 2.21. The summed E-state index contributed by atoms with van der Waals surface area (Å²) in [4.78, 5) is 0. The second kappa shape index (κ2) is 16.4. The van der Waals surface area contributed by atoms with Crippen LogP contribution in [-0.4, -0.2) is 4.66 Å². The fourth-order valence-corrected chi connectivity index (χ4v) is 0. The Morgan fingerprint density at radius 1 is 1.60 bits per heavy atom. The van der Waals surface area contributed by atoms with Crippen LogP contribution in [-0.2, 0) is 0 Å². The molecular weight excluding hydrogens is 113 g/mol. The minimum Gasteiger partial charge on any atom is -1.00 e. The number of halogens is 1. The third-order valence-corrected chi connectivity index (χ3v) is 0. The average molecular weight is 116 g/mol. The van der Waals surface area contributed by atoms with Crippen LogP contribution < -0.4 is 63.8 Å². The van der Waals surface area contributed by atoms with Gasteiger partial charge in [-0.25, -0.2) is 0 Å². The first-order valence-corrected chi connectivity index (χ1v) is 0.970. The molecule has 0 bridgehead atoms. The number of hydrogen-bond acceptors (Lipinski definition) is 2. The topological polar surface area (TPSA) is 43.3 Å². The van der Waals surface area contributed by atoms with Crippen LogP contribution in [0.2, 0.25) is 0 Å². The molecule has 0 aliphatic rings. The van der Waals surface area contributed by atoms with Gasteiger partial charge in [-0.15, -0.1) is 4.66 Å². The number of rotatable bonds is 0. The largest absolute Gasteiger partial charge is 1.00 e. The summed E-state index contributed by atoms with van der Waals surface area (Å²) in [5.41, 5.74) is 0. The van der Waals surface area contributed by atoms with Crippen LogP contribution >= 0.6 is 0 Å². The summed E-state index contributed by atoms with van der Waals surface area (Å²) >= 11 is -0.167. The van der Waals surface area contributed by atoms with Crippen LogP contribution in [0.5, 0.6) is 0 Å². The Balaban J connectivity index is -0.00000000333. The Morgan fingerprint density at radius 2 is 1.60 bits per heavy atom. The Bertz CT molecular complexity index is 13.7. The van der Waals surface area contributed by atoms with Crippen molar-refractivity contribution in [1.29, 1.82) is 0 Å². The van der Waals surface area contributed by atoms with Gasteiger partial charge < -0.3 is 7.51 Å². The molecule has 0 aromatic rings. The molecule has 0 saturated heterocycles. The predicted molar refractivity (Wildman–Crippen MR) is 4.44 cm³/mol. The molecular formula is H3ClNa2O2. The van der Waals surface area contributed by atoms with Crippen LogP contribution in [0.3, 0.4) is 0 Å². The third kappa shape index (κ3) is 22.5. The van der Waals surface area contributed by atoms with Crippen molar-refractivity contribution in [3.63, 3.8) is 0 Å². The van der Waals surface area contributed by atoms with Gasteiger partial charge >= 0.3 is 70.4 Å². The van der Waals surface area contributed by atoms with Crippen molar-refractivity contribution in [3.05, 3.63) is 0 Å². The second-order valence-electron chi connectivity index (χ2n) is 0.0690. The average Bonchev–Trinajstić information content (AvgIpc) is 0.918. The summed E-state index contributed by atoms with van der Waals surface area (Å²) in [6.45, 7) is 0. The van der Waals surface area contributed by atoms with Crippen LogP contribution in [0.25, 0.3) is 0 Å². The smallest absolute Gasteiger partial charge is 1.00 e. The monoisotopic (exact) mass is 116 g/mol. The minimum atomic E-state index is -0.167. The van der Waals surface area contributed by atoms with Crippen LogP contribution in [0.15, 0.2) is 0 Å². The fraction of sp³-hybridized carbons (Fsp3) is 0. The van der Waals surface area contributed by atoms with E-state index in [1.807, 2.05) is 0 Å². The SMILES string of the molecule is [H-].[H-].[Na+].[Na+].[O-][Cl+]O. The molecule has 0 radical (unpaired) electrons. The molecule has 1 N–H and O–H groups in total. The molecule has 0 saturated carbocycles. The van der Waals surface area contributed by atoms with Crippen molar-refractivity contribution in [2.75, 3.05) is 0 Å². The first-order valence-electron chi connectivity index (χ1n) is 0.323. The van der Waals surface area contributed by atoms with Gasteiger partial charge in [0.05, 0.1) is 0 Å². The van der Waals surface area contributed by atoms with E-state index in [0.717, 1.165) is 0 Å². The van der Waals surface area contributed by atoms with Crippen molar-refractivity contribution >= 4 is 0 Å². The van der Waals surface area contributed by atoms with E-state index in [2.05, 4.69) is 0 Å². The van der Waals surface area contributed by atoms with Gasteiger partial charge in [0.15, 0.2) is 0 Å². The zero-order valence-electron chi connectivity index (χ0n) is 5.23. The second-order valence-corrected chi connectivity index (χ2v) is 0.207. The van der Waals surface area contributed by atoms with Crippen LogP contribution in [0.1, 0.15) is 2.85 Å². The fourth-order valence-electron chi connectivity index (χ4n) is 0. The summed E-state index contributed by atoms with van der Waals surface area (Å²) in [5.74, 6) is 0. The third-order valence-electron chi connectivity index (χ3n) is 0. The molecule has 0 amide bonds. The molecule has 5 heavy (non-hydrogen) atoms. The van der Waals surface area contributed by atoms with E-state index in [0.29, 0.717) is 0 Å². The van der Waals surface area contributed by atoms with Crippen molar-refractivity contribution in [2.24, 2.45) is 0 Å². The van der Waals surface area contributed by atoms with E-state index in [1.54, 1.807) is 0 Å². The molecule has 0 aromatic heterocycles. The Kier molecular flexibility index (Phi) is 51.3. The first-order chi connectivity index (χ1) is 1.41. The van der Waals surface area contributed by atoms with Crippen LogP contribution in [0, 0.1) is 11.3 Å². The molecule has 0 spiro atoms. The van der Waals surface area contributed by atoms with Gasteiger partial charge in [-0.3, -0.25) is 0 Å². The molecule has 0 fully saturated rings. The molecule has 0 aromatic carbocycles. The maximum Gasteiger partial charge on any atom is 1.00 e. The summed E-state index contributed by atoms with van der Waals surface area (Å²) in [6, 6.07) is 0. The van der Waals surface area contributed by atoms with Gasteiger partial charge in [0, 0.05) is 0 Å². The maximum absolute atomic E-state index is 8.35. The molecule has 24 valence electrons. The molecule has 0 aliphatic heterocycles. The van der Waals surface area contributed by atoms with Gasteiger partial charge in [-0.2, -0.15) is 0 Å². The predicted octanol–water partition coefficient (Wildman–Crippen LogP) is -7.51. The summed E-state index contributed by atoms with van der Waals surface area (Å²) < 4.78 is 15.2. The minimum absolute atomic E-state index is 0. The summed E-state index contributed by atoms with van der Waals surface area (Å²) in [6.07, 6.45) is 0. The first kappa shape index (κ1) is 15.7. The Morgan fingerprint density at radius 3 is 1.60 bits per heavy atom. The molecule has 0 unspecified atom stereocenters. The van der Waals surface area contributed by atoms with E-state index in [4.69, 9.17) is 9.32 Å². The van der Waals surface area contributed by atoms with Crippen molar-refractivity contribution in [3.8, 4) is 0 Å². The molecule has 0 atom stereocenters. The zero-order valence-corrected chi connectivity index (χ0v) is 7.99. The molecule has 0 heterocycles. The van der Waals surface area contributed by atoms with Gasteiger partial charge in [-0.1, -0.05) is 0 Å². The van der Waals surface area contributed by atoms with Gasteiger partial charge in [0.2, 0.25) is 0 Å². The maximum atomic E-state index is 8.35. The summed E-state index contributed by atoms with van der Waals surface area (Å²) in [5, 5.41) is 0. The Labute approximate surface area is 81.6 Å². The van der Waals surface area contributed by atoms with Gasteiger partial charge in [0.1, 0.15) is 0 Å². The molecule has 0 rings (SSSR count). The van der Waals surface area contributed by atoms with Crippen molar-refractivity contribution in [1.82, 2.24) is 0 Å². The van der Waals surface area contributed by atoms with Crippen molar-refractivity contribution < 1.29 is 82.6 Å².